The molecule has 0 saturated heterocycles. The normalized spacial score (nSPS) is 15.6. The third-order valence-electron chi connectivity index (χ3n) is 3.77. The number of nitrogens with zero attached hydrogens (tertiary/aromatic N) is 1. The average Bonchev–Trinajstić information content (AvgIpc) is 2.86. The first-order valence-corrected chi connectivity index (χ1v) is 7.75. The molecule has 5 nitrogen and oxygen atoms in total. The van der Waals surface area contributed by atoms with Crippen LogP contribution in [0.2, 0.25) is 0 Å². The summed E-state index contributed by atoms with van der Waals surface area (Å²) in [6, 6.07) is 7.03. The Kier molecular flexibility index (Phi) is 5.42. The molecule has 0 saturated carbocycles. The van der Waals surface area contributed by atoms with E-state index in [0.717, 1.165) is 5.56 Å². The number of carbonyl (C=O) groups is 2. The van der Waals surface area contributed by atoms with Crippen LogP contribution in [0.1, 0.15) is 25.8 Å². The van der Waals surface area contributed by atoms with Crippen LogP contribution in [0.5, 0.6) is 5.75 Å². The fourth-order valence-corrected chi connectivity index (χ4v) is 2.58. The monoisotopic (exact) mass is 317 g/mol. The van der Waals surface area contributed by atoms with Crippen molar-refractivity contribution in [2.75, 3.05) is 13.7 Å². The molecule has 1 aliphatic heterocycles. The molecule has 0 unspecified atom stereocenters. The molecule has 0 fully saturated rings. The van der Waals surface area contributed by atoms with Crippen molar-refractivity contribution in [2.24, 2.45) is 5.92 Å². The molecule has 124 valence electrons. The Bertz CT molecular complexity index is 621. The topological polar surface area (TPSA) is 55.8 Å². The van der Waals surface area contributed by atoms with Gasteiger partial charge in [0.25, 0.3) is 5.91 Å². The van der Waals surface area contributed by atoms with Gasteiger partial charge in [0.05, 0.1) is 13.7 Å². The Morgan fingerprint density at radius 2 is 2.00 bits per heavy atom. The van der Waals surface area contributed by atoms with Gasteiger partial charge < -0.3 is 14.4 Å². The zero-order valence-corrected chi connectivity index (χ0v) is 14.0. The SMILES string of the molecule is COC(=O)[C@H](CC(C)C)N1CC(Oc2ccccc2C)=CC1=O. The largest absolute Gasteiger partial charge is 0.467 e. The molecule has 1 amide bonds. The first-order valence-electron chi connectivity index (χ1n) is 7.75. The fraction of sp³-hybridized carbons (Fsp3) is 0.444. The highest BCUT2D eigenvalue weighted by Crippen LogP contribution is 2.24. The van der Waals surface area contributed by atoms with Gasteiger partial charge in [0.15, 0.2) is 0 Å². The molecule has 23 heavy (non-hydrogen) atoms. The molecule has 0 aliphatic carbocycles. The van der Waals surface area contributed by atoms with Crippen LogP contribution in [-0.4, -0.2) is 36.5 Å². The number of aryl methyl sites for hydroxylation is 1. The Labute approximate surface area is 136 Å². The van der Waals surface area contributed by atoms with Crippen molar-refractivity contribution < 1.29 is 19.1 Å². The molecule has 0 radical (unpaired) electrons. The lowest BCUT2D eigenvalue weighted by atomic mass is 10.0. The van der Waals surface area contributed by atoms with Gasteiger partial charge in [-0.3, -0.25) is 4.79 Å². The summed E-state index contributed by atoms with van der Waals surface area (Å²) in [6.07, 6.45) is 2.01. The minimum atomic E-state index is -0.582. The standard InChI is InChI=1S/C18H23NO4/c1-12(2)9-15(18(21)22-4)19-11-14(10-17(19)20)23-16-8-6-5-7-13(16)3/h5-8,10,12,15H,9,11H2,1-4H3/t15-/m0/s1. The molecule has 1 aliphatic rings. The Hall–Kier alpha value is -2.30. The number of para-hydroxylation sites is 1. The Morgan fingerprint density at radius 1 is 1.30 bits per heavy atom. The highest BCUT2D eigenvalue weighted by atomic mass is 16.5. The van der Waals surface area contributed by atoms with Crippen molar-refractivity contribution in [3.63, 3.8) is 0 Å². The minimum absolute atomic E-state index is 0.218. The van der Waals surface area contributed by atoms with Gasteiger partial charge in [-0.2, -0.15) is 0 Å². The van der Waals surface area contributed by atoms with Crippen LogP contribution in [-0.2, 0) is 14.3 Å². The van der Waals surface area contributed by atoms with Crippen molar-refractivity contribution >= 4 is 11.9 Å². The second-order valence-corrected chi connectivity index (χ2v) is 6.11. The maximum absolute atomic E-state index is 12.3. The van der Waals surface area contributed by atoms with Crippen LogP contribution in [0.15, 0.2) is 36.1 Å². The summed E-state index contributed by atoms with van der Waals surface area (Å²) in [5.74, 6) is 0.921. The van der Waals surface area contributed by atoms with E-state index in [4.69, 9.17) is 9.47 Å². The summed E-state index contributed by atoms with van der Waals surface area (Å²) in [7, 11) is 1.34. The highest BCUT2D eigenvalue weighted by Gasteiger charge is 2.35. The van der Waals surface area contributed by atoms with Gasteiger partial charge in [-0.1, -0.05) is 32.0 Å². The van der Waals surface area contributed by atoms with Crippen LogP contribution in [0, 0.1) is 12.8 Å². The summed E-state index contributed by atoms with van der Waals surface area (Å²) in [5.41, 5.74) is 0.992. The van der Waals surface area contributed by atoms with E-state index in [9.17, 15) is 9.59 Å². The van der Waals surface area contributed by atoms with Crippen molar-refractivity contribution in [1.29, 1.82) is 0 Å². The number of hydrogen-bond acceptors (Lipinski definition) is 4. The van der Waals surface area contributed by atoms with Gasteiger partial charge in [-0.25, -0.2) is 4.79 Å². The zero-order chi connectivity index (χ0) is 17.0. The van der Waals surface area contributed by atoms with Gasteiger partial charge in [0.2, 0.25) is 0 Å². The van der Waals surface area contributed by atoms with Gasteiger partial charge in [0.1, 0.15) is 17.6 Å². The van der Waals surface area contributed by atoms with Gasteiger partial charge in [0, 0.05) is 6.08 Å². The molecule has 2 rings (SSSR count). The van der Waals surface area contributed by atoms with Crippen molar-refractivity contribution in [3.05, 3.63) is 41.7 Å². The van der Waals surface area contributed by atoms with Gasteiger partial charge >= 0.3 is 5.97 Å². The number of carbonyl (C=O) groups excluding carboxylic acids is 2. The van der Waals surface area contributed by atoms with E-state index in [2.05, 4.69) is 0 Å². The Morgan fingerprint density at radius 3 is 2.61 bits per heavy atom. The molecule has 0 N–H and O–H groups in total. The molecular weight excluding hydrogens is 294 g/mol. The minimum Gasteiger partial charge on any atom is -0.467 e. The molecule has 1 aromatic carbocycles. The third kappa shape index (κ3) is 4.12. The van der Waals surface area contributed by atoms with E-state index in [1.807, 2.05) is 45.0 Å². The quantitative estimate of drug-likeness (QED) is 0.757. The third-order valence-corrected chi connectivity index (χ3v) is 3.77. The van der Waals surface area contributed by atoms with Crippen LogP contribution in [0.3, 0.4) is 0 Å². The summed E-state index contributed by atoms with van der Waals surface area (Å²) in [5, 5.41) is 0. The molecule has 0 spiro atoms. The molecule has 5 heteroatoms. The van der Waals surface area contributed by atoms with E-state index in [-0.39, 0.29) is 18.4 Å². The summed E-state index contributed by atoms with van der Waals surface area (Å²) in [4.78, 5) is 25.8. The number of hydrogen-bond donors (Lipinski definition) is 0. The molecule has 0 aromatic heterocycles. The smallest absolute Gasteiger partial charge is 0.328 e. The van der Waals surface area contributed by atoms with E-state index < -0.39 is 12.0 Å². The second-order valence-electron chi connectivity index (χ2n) is 6.11. The molecule has 1 atom stereocenters. The number of rotatable bonds is 6. The second kappa shape index (κ2) is 7.31. The number of benzene rings is 1. The average molecular weight is 317 g/mol. The van der Waals surface area contributed by atoms with Gasteiger partial charge in [-0.15, -0.1) is 0 Å². The molecule has 1 aromatic rings. The Balaban J connectivity index is 2.11. The lowest BCUT2D eigenvalue weighted by Gasteiger charge is -2.27. The van der Waals surface area contributed by atoms with Crippen molar-refractivity contribution in [1.82, 2.24) is 4.90 Å². The fourth-order valence-electron chi connectivity index (χ4n) is 2.58. The van der Waals surface area contributed by atoms with E-state index in [1.165, 1.54) is 18.1 Å². The van der Waals surface area contributed by atoms with E-state index >= 15 is 0 Å². The summed E-state index contributed by atoms with van der Waals surface area (Å²) in [6.45, 7) is 6.24. The van der Waals surface area contributed by atoms with Crippen LogP contribution >= 0.6 is 0 Å². The summed E-state index contributed by atoms with van der Waals surface area (Å²) < 4.78 is 10.7. The van der Waals surface area contributed by atoms with E-state index in [1.54, 1.807) is 0 Å². The number of methoxy groups -OCH3 is 1. The first-order chi connectivity index (χ1) is 10.9. The lowest BCUT2D eigenvalue weighted by molar-refractivity contribution is -0.151. The van der Waals surface area contributed by atoms with E-state index in [0.29, 0.717) is 17.9 Å². The maximum Gasteiger partial charge on any atom is 0.328 e. The van der Waals surface area contributed by atoms with Crippen LogP contribution in [0.25, 0.3) is 0 Å². The zero-order valence-electron chi connectivity index (χ0n) is 14.0. The van der Waals surface area contributed by atoms with Crippen molar-refractivity contribution in [3.8, 4) is 5.75 Å². The predicted molar refractivity (Wildman–Crippen MR) is 86.9 cm³/mol. The lowest BCUT2D eigenvalue weighted by Crippen LogP contribution is -2.44. The van der Waals surface area contributed by atoms with Crippen LogP contribution < -0.4 is 4.74 Å². The predicted octanol–water partition coefficient (Wildman–Crippen LogP) is 2.69. The number of esters is 1. The van der Waals surface area contributed by atoms with Crippen LogP contribution in [0.4, 0.5) is 0 Å². The number of amides is 1. The molecule has 1 heterocycles. The summed E-state index contributed by atoms with van der Waals surface area (Å²) >= 11 is 0. The first kappa shape index (κ1) is 17.1. The van der Waals surface area contributed by atoms with Crippen molar-refractivity contribution in [2.45, 2.75) is 33.2 Å². The maximum atomic E-state index is 12.3. The number of ether oxygens (including phenoxy) is 2. The molecular formula is C18H23NO4. The highest BCUT2D eigenvalue weighted by molar-refractivity contribution is 5.94. The molecule has 0 bridgehead atoms. The van der Waals surface area contributed by atoms with Gasteiger partial charge in [-0.05, 0) is 30.9 Å².